The van der Waals surface area contributed by atoms with Crippen LogP contribution in [-0.4, -0.2) is 41.5 Å². The van der Waals surface area contributed by atoms with Crippen LogP contribution in [0.25, 0.3) is 0 Å². The van der Waals surface area contributed by atoms with Gasteiger partial charge in [-0.2, -0.15) is 0 Å². The van der Waals surface area contributed by atoms with Gasteiger partial charge in [0.15, 0.2) is 12.8 Å². The van der Waals surface area contributed by atoms with E-state index in [-0.39, 0.29) is 6.42 Å². The molecule has 110 valence electrons. The van der Waals surface area contributed by atoms with Gasteiger partial charge in [-0.3, -0.25) is 14.4 Å². The fourth-order valence-corrected chi connectivity index (χ4v) is 1.87. The molecule has 0 bridgehead atoms. The zero-order valence-corrected chi connectivity index (χ0v) is 11.3. The van der Waals surface area contributed by atoms with Crippen molar-refractivity contribution in [3.8, 4) is 0 Å². The molecule has 1 unspecified atom stereocenters. The van der Waals surface area contributed by atoms with Crippen molar-refractivity contribution in [3.63, 3.8) is 0 Å². The molecule has 7 heteroatoms. The van der Waals surface area contributed by atoms with Crippen molar-refractivity contribution < 1.29 is 28.7 Å². The maximum atomic E-state index is 12.0. The van der Waals surface area contributed by atoms with Crippen LogP contribution in [0.1, 0.15) is 32.6 Å². The zero-order chi connectivity index (χ0) is 15.1. The first-order valence-electron chi connectivity index (χ1n) is 6.27. The number of nitrogens with zero attached hydrogens (tertiary/aromatic N) is 1. The minimum Gasteiger partial charge on any atom is -0.452 e. The van der Waals surface area contributed by atoms with Crippen molar-refractivity contribution in [1.29, 1.82) is 0 Å². The maximum absolute atomic E-state index is 12.0. The van der Waals surface area contributed by atoms with Crippen LogP contribution in [0, 0.1) is 0 Å². The smallest absolute Gasteiger partial charge is 0.330 e. The molecule has 0 aromatic rings. The summed E-state index contributed by atoms with van der Waals surface area (Å²) < 4.78 is 9.60. The fraction of sp³-hybridized carbons (Fsp3) is 0.538. The Morgan fingerprint density at radius 3 is 2.70 bits per heavy atom. The number of likely N-dealkylation sites (tertiary alicyclic amines) is 1. The molecular formula is C13H17NO6. The fourth-order valence-electron chi connectivity index (χ4n) is 1.87. The normalized spacial score (nSPS) is 18.9. The molecular weight excluding hydrogens is 266 g/mol. The number of carbonyl (C=O) groups is 4. The summed E-state index contributed by atoms with van der Waals surface area (Å²) in [6, 6.07) is 0. The lowest BCUT2D eigenvalue weighted by atomic mass is 10.2. The van der Waals surface area contributed by atoms with Crippen molar-refractivity contribution in [2.24, 2.45) is 0 Å². The van der Waals surface area contributed by atoms with E-state index in [2.05, 4.69) is 11.3 Å². The van der Waals surface area contributed by atoms with Crippen LogP contribution in [0.15, 0.2) is 12.7 Å². The van der Waals surface area contributed by atoms with Gasteiger partial charge in [0.05, 0.1) is 0 Å². The van der Waals surface area contributed by atoms with Crippen LogP contribution >= 0.6 is 0 Å². The summed E-state index contributed by atoms with van der Waals surface area (Å²) >= 11 is 0. The van der Waals surface area contributed by atoms with Crippen molar-refractivity contribution in [2.75, 3.05) is 6.61 Å². The molecule has 1 atom stereocenters. The van der Waals surface area contributed by atoms with E-state index in [1.54, 1.807) is 0 Å². The largest absolute Gasteiger partial charge is 0.452 e. The van der Waals surface area contributed by atoms with Crippen LogP contribution in [0.5, 0.6) is 0 Å². The van der Waals surface area contributed by atoms with Crippen molar-refractivity contribution in [2.45, 2.75) is 38.8 Å². The number of amides is 2. The first-order chi connectivity index (χ1) is 9.45. The molecule has 0 spiro atoms. The van der Waals surface area contributed by atoms with Crippen molar-refractivity contribution >= 4 is 23.8 Å². The number of hydrogen-bond donors (Lipinski definition) is 0. The highest BCUT2D eigenvalue weighted by Gasteiger charge is 2.33. The molecule has 2 amide bonds. The highest BCUT2D eigenvalue weighted by molar-refractivity contribution is 5.97. The molecule has 20 heavy (non-hydrogen) atoms. The van der Waals surface area contributed by atoms with Gasteiger partial charge >= 0.3 is 11.9 Å². The predicted octanol–water partition coefficient (Wildman–Crippen LogP) is 0.534. The first kappa shape index (κ1) is 15.9. The molecule has 0 aliphatic carbocycles. The van der Waals surface area contributed by atoms with Crippen molar-refractivity contribution in [3.05, 3.63) is 12.7 Å². The van der Waals surface area contributed by atoms with Crippen LogP contribution in [0.2, 0.25) is 0 Å². The Balaban J connectivity index is 2.78. The molecule has 1 aliphatic heterocycles. The highest BCUT2D eigenvalue weighted by Crippen LogP contribution is 2.19. The minimum atomic E-state index is -0.933. The maximum Gasteiger partial charge on any atom is 0.330 e. The molecule has 1 heterocycles. The number of hydrogen-bond acceptors (Lipinski definition) is 6. The second-order valence-electron chi connectivity index (χ2n) is 4.28. The first-order valence-corrected chi connectivity index (χ1v) is 6.27. The van der Waals surface area contributed by atoms with Gasteiger partial charge < -0.3 is 9.47 Å². The standard InChI is InChI=1S/C13H17NO6/c1-3-13(18)19-8-11(17)14-10(16)6-4-5-7-12(14)20-9(2)15/h3,12H,1,4-8H2,2H3. The average Bonchev–Trinajstić information content (AvgIpc) is 2.56. The Morgan fingerprint density at radius 1 is 1.40 bits per heavy atom. The van der Waals surface area contributed by atoms with Gasteiger partial charge in [0, 0.05) is 25.8 Å². The van der Waals surface area contributed by atoms with E-state index >= 15 is 0 Å². The minimum absolute atomic E-state index is 0.193. The number of rotatable bonds is 4. The van der Waals surface area contributed by atoms with Gasteiger partial charge in [-0.25, -0.2) is 9.69 Å². The third kappa shape index (κ3) is 4.49. The summed E-state index contributed by atoms with van der Waals surface area (Å²) in [5.74, 6) is -2.48. The van der Waals surface area contributed by atoms with Crippen LogP contribution in [0.4, 0.5) is 0 Å². The van der Waals surface area contributed by atoms with Gasteiger partial charge in [-0.05, 0) is 12.8 Å². The Bertz CT molecular complexity index is 431. The second kappa shape index (κ2) is 7.42. The summed E-state index contributed by atoms with van der Waals surface area (Å²) in [4.78, 5) is 46.7. The monoisotopic (exact) mass is 283 g/mol. The lowest BCUT2D eigenvalue weighted by Crippen LogP contribution is -2.47. The van der Waals surface area contributed by atoms with Crippen LogP contribution in [0.3, 0.4) is 0 Å². The third-order valence-electron chi connectivity index (χ3n) is 2.72. The molecule has 0 aromatic heterocycles. The van der Waals surface area contributed by atoms with E-state index in [0.717, 1.165) is 11.0 Å². The van der Waals surface area contributed by atoms with Gasteiger partial charge in [0.2, 0.25) is 5.91 Å². The average molecular weight is 283 g/mol. The number of carbonyl (C=O) groups excluding carboxylic acids is 4. The summed E-state index contributed by atoms with van der Waals surface area (Å²) in [6.45, 7) is 3.81. The van der Waals surface area contributed by atoms with Gasteiger partial charge in [0.1, 0.15) is 0 Å². The third-order valence-corrected chi connectivity index (χ3v) is 2.72. The Labute approximate surface area is 116 Å². The highest BCUT2D eigenvalue weighted by atomic mass is 16.6. The van der Waals surface area contributed by atoms with Crippen LogP contribution in [-0.2, 0) is 28.7 Å². The van der Waals surface area contributed by atoms with E-state index in [1.807, 2.05) is 0 Å². The van der Waals surface area contributed by atoms with E-state index in [0.29, 0.717) is 19.3 Å². The molecule has 1 saturated heterocycles. The Morgan fingerprint density at radius 2 is 2.10 bits per heavy atom. The topological polar surface area (TPSA) is 90.0 Å². The van der Waals surface area contributed by atoms with Gasteiger partial charge in [-0.1, -0.05) is 6.58 Å². The van der Waals surface area contributed by atoms with E-state index in [1.165, 1.54) is 6.92 Å². The molecule has 0 aromatic carbocycles. The van der Waals surface area contributed by atoms with Crippen LogP contribution < -0.4 is 0 Å². The summed E-state index contributed by atoms with van der Waals surface area (Å²) in [5, 5.41) is 0. The Kier molecular flexibility index (Phi) is 5.89. The molecule has 0 radical (unpaired) electrons. The second-order valence-corrected chi connectivity index (χ2v) is 4.28. The van der Waals surface area contributed by atoms with Crippen molar-refractivity contribution in [1.82, 2.24) is 4.90 Å². The molecule has 0 saturated carbocycles. The lowest BCUT2D eigenvalue weighted by Gasteiger charge is -2.27. The van der Waals surface area contributed by atoms with E-state index in [4.69, 9.17) is 4.74 Å². The molecule has 0 N–H and O–H groups in total. The number of ether oxygens (including phenoxy) is 2. The summed E-state index contributed by atoms with van der Waals surface area (Å²) in [6.07, 6.45) is 1.84. The number of imide groups is 1. The molecule has 1 fully saturated rings. The lowest BCUT2D eigenvalue weighted by molar-refractivity contribution is -0.172. The zero-order valence-electron chi connectivity index (χ0n) is 11.3. The molecule has 7 nitrogen and oxygen atoms in total. The predicted molar refractivity (Wildman–Crippen MR) is 67.0 cm³/mol. The Hall–Kier alpha value is -2.18. The summed E-state index contributed by atoms with van der Waals surface area (Å²) in [7, 11) is 0. The molecule has 1 rings (SSSR count). The van der Waals surface area contributed by atoms with Gasteiger partial charge in [0.25, 0.3) is 5.91 Å². The SMILES string of the molecule is C=CC(=O)OCC(=O)N1C(=O)CCCCC1OC(C)=O. The van der Waals surface area contributed by atoms with Gasteiger partial charge in [-0.15, -0.1) is 0 Å². The molecule has 1 aliphatic rings. The number of esters is 2. The summed E-state index contributed by atoms with van der Waals surface area (Å²) in [5.41, 5.74) is 0. The van der Waals surface area contributed by atoms with E-state index < -0.39 is 36.6 Å². The quantitative estimate of drug-likeness (QED) is 0.552. The van der Waals surface area contributed by atoms with E-state index in [9.17, 15) is 19.2 Å².